The van der Waals surface area contributed by atoms with Crippen molar-refractivity contribution in [1.29, 1.82) is 0 Å². The number of hydrogen-bond acceptors (Lipinski definition) is 9. The zero-order valence-electron chi connectivity index (χ0n) is 18.6. The molecule has 3 aromatic heterocycles. The summed E-state index contributed by atoms with van der Waals surface area (Å²) in [6.07, 6.45) is 0. The first-order chi connectivity index (χ1) is 15.5. The van der Waals surface area contributed by atoms with Crippen molar-refractivity contribution in [3.8, 4) is 11.5 Å². The molecule has 7 nitrogen and oxygen atoms in total. The molecule has 1 saturated heterocycles. The molecule has 32 heavy (non-hydrogen) atoms. The van der Waals surface area contributed by atoms with E-state index in [0.717, 1.165) is 52.9 Å². The van der Waals surface area contributed by atoms with E-state index in [0.29, 0.717) is 17.7 Å². The van der Waals surface area contributed by atoms with E-state index in [-0.39, 0.29) is 0 Å². The van der Waals surface area contributed by atoms with Gasteiger partial charge in [-0.25, -0.2) is 9.97 Å². The molecule has 1 fully saturated rings. The molecule has 5 rings (SSSR count). The Morgan fingerprint density at radius 1 is 1.03 bits per heavy atom. The highest BCUT2D eigenvalue weighted by Gasteiger charge is 2.20. The van der Waals surface area contributed by atoms with Gasteiger partial charge in [-0.1, -0.05) is 6.07 Å². The standard InChI is InChI=1S/C23H25N5O2S2/c1-13-5-6-17(11-14(13)2)20-26-27-23(30-20)32-22-19-15(3)16(4)31-21(19)24-18(25-22)12-28-7-9-29-10-8-28/h5-6,11H,7-10,12H2,1-4H3. The molecular weight excluding hydrogens is 442 g/mol. The van der Waals surface area contributed by atoms with Gasteiger partial charge in [0.2, 0.25) is 5.89 Å². The summed E-state index contributed by atoms with van der Waals surface area (Å²) in [5, 5.41) is 11.0. The average molecular weight is 468 g/mol. The number of rotatable bonds is 5. The van der Waals surface area contributed by atoms with Crippen molar-refractivity contribution in [3.05, 3.63) is 45.6 Å². The van der Waals surface area contributed by atoms with Crippen molar-refractivity contribution in [2.75, 3.05) is 26.3 Å². The number of aromatic nitrogens is 4. The van der Waals surface area contributed by atoms with Gasteiger partial charge in [-0.2, -0.15) is 0 Å². The Kier molecular flexibility index (Phi) is 5.98. The maximum atomic E-state index is 6.01. The van der Waals surface area contributed by atoms with Crippen LogP contribution < -0.4 is 0 Å². The number of morpholine rings is 1. The van der Waals surface area contributed by atoms with Crippen molar-refractivity contribution in [1.82, 2.24) is 25.1 Å². The summed E-state index contributed by atoms with van der Waals surface area (Å²) in [5.74, 6) is 1.34. The van der Waals surface area contributed by atoms with Crippen LogP contribution >= 0.6 is 23.1 Å². The molecule has 4 heterocycles. The molecule has 1 aromatic carbocycles. The lowest BCUT2D eigenvalue weighted by atomic mass is 10.1. The predicted molar refractivity (Wildman–Crippen MR) is 126 cm³/mol. The lowest BCUT2D eigenvalue weighted by molar-refractivity contribution is 0.0330. The van der Waals surface area contributed by atoms with E-state index < -0.39 is 0 Å². The van der Waals surface area contributed by atoms with Crippen LogP contribution in [0.4, 0.5) is 0 Å². The Hall–Kier alpha value is -2.33. The minimum absolute atomic E-state index is 0.485. The molecule has 0 saturated carbocycles. The summed E-state index contributed by atoms with van der Waals surface area (Å²) in [7, 11) is 0. The second-order valence-corrected chi connectivity index (χ2v) is 10.2. The molecule has 0 atom stereocenters. The SMILES string of the molecule is Cc1ccc(-c2nnc(Sc3nc(CN4CCOCC4)nc4sc(C)c(C)c34)o2)cc1C. The van der Waals surface area contributed by atoms with Gasteiger partial charge in [0.1, 0.15) is 15.7 Å². The molecule has 166 valence electrons. The highest BCUT2D eigenvalue weighted by atomic mass is 32.2. The van der Waals surface area contributed by atoms with Crippen LogP contribution in [0.5, 0.6) is 0 Å². The molecule has 0 radical (unpaired) electrons. The topological polar surface area (TPSA) is 77.2 Å². The number of fused-ring (bicyclic) bond motifs is 1. The van der Waals surface area contributed by atoms with Crippen molar-refractivity contribution in [3.63, 3.8) is 0 Å². The minimum atomic E-state index is 0.485. The second kappa shape index (κ2) is 8.90. The van der Waals surface area contributed by atoms with Gasteiger partial charge in [-0.3, -0.25) is 4.90 Å². The fraction of sp³-hybridized carbons (Fsp3) is 0.391. The molecule has 0 aliphatic carbocycles. The Morgan fingerprint density at radius 3 is 2.62 bits per heavy atom. The van der Waals surface area contributed by atoms with E-state index in [4.69, 9.17) is 19.1 Å². The lowest BCUT2D eigenvalue weighted by Gasteiger charge is -2.25. The van der Waals surface area contributed by atoms with Gasteiger partial charge < -0.3 is 9.15 Å². The van der Waals surface area contributed by atoms with Gasteiger partial charge in [0, 0.05) is 28.9 Å². The third kappa shape index (κ3) is 4.30. The van der Waals surface area contributed by atoms with E-state index in [1.165, 1.54) is 33.3 Å². The van der Waals surface area contributed by atoms with Gasteiger partial charge in [0.15, 0.2) is 0 Å². The lowest BCUT2D eigenvalue weighted by Crippen LogP contribution is -2.36. The number of nitrogens with zero attached hydrogens (tertiary/aromatic N) is 5. The van der Waals surface area contributed by atoms with Gasteiger partial charge in [-0.15, -0.1) is 21.5 Å². The molecule has 1 aliphatic heterocycles. The van der Waals surface area contributed by atoms with Crippen molar-refractivity contribution < 1.29 is 9.15 Å². The summed E-state index contributed by atoms with van der Waals surface area (Å²) in [4.78, 5) is 14.4. The molecular formula is C23H25N5O2S2. The van der Waals surface area contributed by atoms with Gasteiger partial charge in [0.05, 0.1) is 19.8 Å². The molecule has 0 spiro atoms. The van der Waals surface area contributed by atoms with E-state index in [2.05, 4.69) is 54.9 Å². The zero-order chi connectivity index (χ0) is 22.2. The third-order valence-corrected chi connectivity index (χ3v) is 7.78. The van der Waals surface area contributed by atoms with E-state index in [1.807, 2.05) is 6.07 Å². The summed E-state index contributed by atoms with van der Waals surface area (Å²) in [5.41, 5.74) is 4.57. The third-order valence-electron chi connectivity index (χ3n) is 5.85. The molecule has 4 aromatic rings. The number of ether oxygens (including phenoxy) is 1. The predicted octanol–water partition coefficient (Wildman–Crippen LogP) is 4.96. The summed E-state index contributed by atoms with van der Waals surface area (Å²) in [6.45, 7) is 12.4. The van der Waals surface area contributed by atoms with E-state index in [1.54, 1.807) is 11.3 Å². The van der Waals surface area contributed by atoms with E-state index in [9.17, 15) is 0 Å². The zero-order valence-corrected chi connectivity index (χ0v) is 20.3. The summed E-state index contributed by atoms with van der Waals surface area (Å²) < 4.78 is 11.5. The largest absolute Gasteiger partial charge is 0.411 e. The maximum Gasteiger partial charge on any atom is 0.283 e. The number of benzene rings is 1. The quantitative estimate of drug-likeness (QED) is 0.381. The van der Waals surface area contributed by atoms with Crippen LogP contribution in [-0.2, 0) is 11.3 Å². The van der Waals surface area contributed by atoms with Crippen LogP contribution in [0.2, 0.25) is 0 Å². The Labute approximate surface area is 195 Å². The fourth-order valence-corrected chi connectivity index (χ4v) is 5.67. The molecule has 0 unspecified atom stereocenters. The highest BCUT2D eigenvalue weighted by molar-refractivity contribution is 7.99. The van der Waals surface area contributed by atoms with Crippen molar-refractivity contribution in [2.45, 2.75) is 44.5 Å². The van der Waals surface area contributed by atoms with Gasteiger partial charge in [0.25, 0.3) is 5.22 Å². The first-order valence-electron chi connectivity index (χ1n) is 10.6. The van der Waals surface area contributed by atoms with Crippen LogP contribution in [-0.4, -0.2) is 51.4 Å². The smallest absolute Gasteiger partial charge is 0.283 e. The molecule has 9 heteroatoms. The van der Waals surface area contributed by atoms with Crippen LogP contribution in [0.25, 0.3) is 21.7 Å². The van der Waals surface area contributed by atoms with Crippen LogP contribution in [0.1, 0.15) is 27.4 Å². The van der Waals surface area contributed by atoms with Crippen molar-refractivity contribution in [2.24, 2.45) is 0 Å². The molecule has 0 bridgehead atoms. The van der Waals surface area contributed by atoms with Gasteiger partial charge in [-0.05, 0) is 68.3 Å². The maximum absolute atomic E-state index is 6.01. The first kappa shape index (κ1) is 21.5. The highest BCUT2D eigenvalue weighted by Crippen LogP contribution is 2.38. The Morgan fingerprint density at radius 2 is 1.84 bits per heavy atom. The Bertz CT molecular complexity index is 1280. The van der Waals surface area contributed by atoms with Crippen LogP contribution in [0.15, 0.2) is 32.9 Å². The number of aryl methyl sites for hydroxylation is 4. The van der Waals surface area contributed by atoms with Crippen LogP contribution in [0.3, 0.4) is 0 Å². The summed E-state index contributed by atoms with van der Waals surface area (Å²) in [6, 6.07) is 6.16. The fourth-order valence-electron chi connectivity index (χ4n) is 3.68. The van der Waals surface area contributed by atoms with Crippen molar-refractivity contribution >= 4 is 33.3 Å². The van der Waals surface area contributed by atoms with E-state index >= 15 is 0 Å². The number of thiophene rings is 1. The molecule has 0 N–H and O–H groups in total. The number of hydrogen-bond donors (Lipinski definition) is 0. The summed E-state index contributed by atoms with van der Waals surface area (Å²) >= 11 is 3.13. The monoisotopic (exact) mass is 467 g/mol. The average Bonchev–Trinajstić information content (AvgIpc) is 3.35. The second-order valence-electron chi connectivity index (χ2n) is 8.07. The van der Waals surface area contributed by atoms with Crippen LogP contribution in [0, 0.1) is 27.7 Å². The first-order valence-corrected chi connectivity index (χ1v) is 12.3. The normalized spacial score (nSPS) is 15.0. The minimum Gasteiger partial charge on any atom is -0.411 e. The molecule has 1 aliphatic rings. The van der Waals surface area contributed by atoms with Gasteiger partial charge >= 0.3 is 0 Å². The Balaban J connectivity index is 1.47. The molecule has 0 amide bonds.